The van der Waals surface area contributed by atoms with Crippen LogP contribution in [-0.2, 0) is 11.2 Å². The molecule has 0 atom stereocenters. The van der Waals surface area contributed by atoms with Crippen molar-refractivity contribution >= 4 is 5.97 Å². The molecule has 0 N–H and O–H groups in total. The third-order valence-corrected chi connectivity index (χ3v) is 0.863. The Labute approximate surface area is 75.0 Å². The van der Waals surface area contributed by atoms with Gasteiger partial charge in [-0.25, -0.2) is 0 Å². The Balaban J connectivity index is 0.000001000. The van der Waals surface area contributed by atoms with Crippen LogP contribution in [-0.4, -0.2) is 16.2 Å². The van der Waals surface area contributed by atoms with Crippen LogP contribution in [0, 0.1) is 6.92 Å². The van der Waals surface area contributed by atoms with Gasteiger partial charge in [-0.05, 0) is 0 Å². The van der Waals surface area contributed by atoms with Crippen molar-refractivity contribution in [2.45, 2.75) is 13.3 Å². The molecule has 54 valence electrons. The van der Waals surface area contributed by atoms with Crippen molar-refractivity contribution in [1.29, 1.82) is 0 Å². The summed E-state index contributed by atoms with van der Waals surface area (Å²) in [7, 11) is 0. The number of rotatable bonds is 2. The molecule has 0 aliphatic heterocycles. The first-order valence-electron chi connectivity index (χ1n) is 2.67. The Hall–Kier alpha value is -0.793. The van der Waals surface area contributed by atoms with Crippen molar-refractivity contribution in [2.75, 3.05) is 0 Å². The number of nitrogens with zero attached hydrogens (tertiary/aromatic N) is 2. The topological polar surface area (TPSA) is 79.0 Å². The summed E-state index contributed by atoms with van der Waals surface area (Å²) in [5.74, 6) is -0.780. The van der Waals surface area contributed by atoms with E-state index >= 15 is 0 Å². The van der Waals surface area contributed by atoms with Crippen LogP contribution in [0.15, 0.2) is 4.42 Å². The van der Waals surface area contributed by atoms with Gasteiger partial charge in [-0.15, -0.1) is 10.2 Å². The van der Waals surface area contributed by atoms with Crippen LogP contribution in [0.25, 0.3) is 0 Å². The first kappa shape index (κ1) is 10.2. The normalized spacial score (nSPS) is 8.82. The Kier molecular flexibility index (Phi) is 3.86. The van der Waals surface area contributed by atoms with E-state index in [1.807, 2.05) is 0 Å². The first-order valence-corrected chi connectivity index (χ1v) is 2.67. The van der Waals surface area contributed by atoms with Gasteiger partial charge in [0.15, 0.2) is 0 Å². The van der Waals surface area contributed by atoms with Gasteiger partial charge >= 0.3 is 18.9 Å². The summed E-state index contributed by atoms with van der Waals surface area (Å²) < 4.78 is 4.75. The van der Waals surface area contributed by atoms with Crippen molar-refractivity contribution in [1.82, 2.24) is 10.2 Å². The van der Waals surface area contributed by atoms with Crippen LogP contribution in [0.5, 0.6) is 0 Å². The van der Waals surface area contributed by atoms with Gasteiger partial charge in [0.2, 0.25) is 11.8 Å². The van der Waals surface area contributed by atoms with E-state index in [0.29, 0.717) is 5.89 Å². The van der Waals surface area contributed by atoms with Crippen LogP contribution in [0.3, 0.4) is 0 Å². The summed E-state index contributed by atoms with van der Waals surface area (Å²) in [6.07, 6.45) is -0.319. The molecular formula is C5H5LiN2O3. The van der Waals surface area contributed by atoms with Crippen LogP contribution < -0.4 is 24.0 Å². The second-order valence-corrected chi connectivity index (χ2v) is 1.76. The minimum Gasteiger partial charge on any atom is -0.550 e. The van der Waals surface area contributed by atoms with E-state index in [1.54, 1.807) is 6.92 Å². The smallest absolute Gasteiger partial charge is 0.550 e. The number of hydrogen-bond donors (Lipinski definition) is 0. The maximum atomic E-state index is 9.94. The second-order valence-electron chi connectivity index (χ2n) is 1.76. The molecule has 1 rings (SSSR count). The quantitative estimate of drug-likeness (QED) is 0.396. The van der Waals surface area contributed by atoms with E-state index < -0.39 is 5.97 Å². The van der Waals surface area contributed by atoms with Gasteiger partial charge in [0.05, 0.1) is 12.4 Å². The van der Waals surface area contributed by atoms with Crippen molar-refractivity contribution in [3.8, 4) is 0 Å². The zero-order chi connectivity index (χ0) is 7.56. The standard InChI is InChI=1S/C5H6N2O3.Li/c1-3-6-7-4(10-3)2-5(8)9;/h2H2,1H3,(H,8,9);/q;+1/p-1. The van der Waals surface area contributed by atoms with Crippen molar-refractivity contribution in [2.24, 2.45) is 0 Å². The molecular weight excluding hydrogens is 143 g/mol. The first-order chi connectivity index (χ1) is 4.68. The molecule has 0 unspecified atom stereocenters. The van der Waals surface area contributed by atoms with Crippen molar-refractivity contribution in [3.05, 3.63) is 11.8 Å². The monoisotopic (exact) mass is 148 g/mol. The number of carboxylic acids is 1. The molecule has 1 aromatic heterocycles. The van der Waals surface area contributed by atoms with E-state index in [4.69, 9.17) is 4.42 Å². The molecule has 1 heterocycles. The summed E-state index contributed by atoms with van der Waals surface area (Å²) >= 11 is 0. The van der Waals surface area contributed by atoms with E-state index in [9.17, 15) is 9.90 Å². The van der Waals surface area contributed by atoms with E-state index in [-0.39, 0.29) is 31.2 Å². The Bertz CT molecular complexity index is 248. The van der Waals surface area contributed by atoms with Gasteiger partial charge < -0.3 is 14.3 Å². The Morgan fingerprint density at radius 3 is 2.64 bits per heavy atom. The summed E-state index contributed by atoms with van der Waals surface area (Å²) in [5, 5.41) is 16.8. The van der Waals surface area contributed by atoms with Crippen LogP contribution in [0.1, 0.15) is 11.8 Å². The molecule has 0 radical (unpaired) electrons. The summed E-state index contributed by atoms with van der Waals surface area (Å²) in [6, 6.07) is 0. The predicted octanol–water partition coefficient (Wildman–Crippen LogP) is -4.33. The fourth-order valence-corrected chi connectivity index (χ4v) is 0.532. The number of carbonyl (C=O) groups is 1. The molecule has 1 aromatic rings. The molecule has 0 amide bonds. The van der Waals surface area contributed by atoms with Crippen molar-refractivity contribution < 1.29 is 33.2 Å². The Morgan fingerprint density at radius 1 is 1.64 bits per heavy atom. The van der Waals surface area contributed by atoms with E-state index in [0.717, 1.165) is 0 Å². The summed E-state index contributed by atoms with van der Waals surface area (Å²) in [6.45, 7) is 1.59. The largest absolute Gasteiger partial charge is 1.00 e. The molecule has 0 fully saturated rings. The van der Waals surface area contributed by atoms with Crippen LogP contribution in [0.2, 0.25) is 0 Å². The molecule has 5 nitrogen and oxygen atoms in total. The second kappa shape index (κ2) is 4.16. The molecule has 0 saturated carbocycles. The number of carbonyl (C=O) groups excluding carboxylic acids is 1. The van der Waals surface area contributed by atoms with Gasteiger partial charge in [-0.1, -0.05) is 0 Å². The SMILES string of the molecule is Cc1nnc(CC(=O)[O-])o1.[Li+]. The zero-order valence-electron chi connectivity index (χ0n) is 6.33. The molecule has 0 bridgehead atoms. The molecule has 11 heavy (non-hydrogen) atoms. The minimum atomic E-state index is -1.22. The van der Waals surface area contributed by atoms with Crippen LogP contribution >= 0.6 is 0 Å². The van der Waals surface area contributed by atoms with E-state index in [1.165, 1.54) is 0 Å². The molecule has 0 aliphatic rings. The van der Waals surface area contributed by atoms with Crippen molar-refractivity contribution in [3.63, 3.8) is 0 Å². The fraction of sp³-hybridized carbons (Fsp3) is 0.400. The van der Waals surface area contributed by atoms with Gasteiger partial charge in [0.25, 0.3) is 0 Å². The molecule has 0 aliphatic carbocycles. The number of aryl methyl sites for hydroxylation is 1. The average molecular weight is 148 g/mol. The predicted molar refractivity (Wildman–Crippen MR) is 27.7 cm³/mol. The number of aliphatic carboxylic acids is 1. The number of aromatic nitrogens is 2. The summed E-state index contributed by atoms with van der Waals surface area (Å²) in [4.78, 5) is 9.94. The average Bonchev–Trinajstić information content (AvgIpc) is 2.13. The Morgan fingerprint density at radius 2 is 2.27 bits per heavy atom. The van der Waals surface area contributed by atoms with E-state index in [2.05, 4.69) is 10.2 Å². The van der Waals surface area contributed by atoms with Gasteiger partial charge in [-0.3, -0.25) is 0 Å². The fourth-order valence-electron chi connectivity index (χ4n) is 0.532. The molecule has 6 heteroatoms. The maximum absolute atomic E-state index is 9.94. The molecule has 0 spiro atoms. The number of carboxylic acid groups (broad SMARTS) is 1. The van der Waals surface area contributed by atoms with Gasteiger partial charge in [0.1, 0.15) is 0 Å². The van der Waals surface area contributed by atoms with Crippen LogP contribution in [0.4, 0.5) is 0 Å². The maximum Gasteiger partial charge on any atom is 1.00 e. The zero-order valence-corrected chi connectivity index (χ0v) is 6.33. The molecule has 0 aromatic carbocycles. The molecule has 0 saturated heterocycles. The number of hydrogen-bond acceptors (Lipinski definition) is 5. The minimum absolute atomic E-state index is 0. The van der Waals surface area contributed by atoms with Gasteiger partial charge in [-0.2, -0.15) is 0 Å². The summed E-state index contributed by atoms with van der Waals surface area (Å²) in [5.41, 5.74) is 0. The van der Waals surface area contributed by atoms with Gasteiger partial charge in [0, 0.05) is 6.92 Å². The third-order valence-electron chi connectivity index (χ3n) is 0.863. The third kappa shape index (κ3) is 3.21.